The zero-order valence-electron chi connectivity index (χ0n) is 15.7. The third kappa shape index (κ3) is 5.12. The number of hydrogen-bond acceptors (Lipinski definition) is 7. The molecule has 3 rings (SSSR count). The number of aliphatic imine (C=N–C) groups is 2. The number of nitrogens with zero attached hydrogens (tertiary/aromatic N) is 3. The summed E-state index contributed by atoms with van der Waals surface area (Å²) >= 11 is 0. The van der Waals surface area contributed by atoms with E-state index in [1.54, 1.807) is 54.7 Å². The molecule has 0 saturated heterocycles. The Labute approximate surface area is 178 Å². The first-order valence-electron chi connectivity index (χ1n) is 8.39. The van der Waals surface area contributed by atoms with Gasteiger partial charge in [0, 0.05) is 46.2 Å². The average molecular weight is 436 g/mol. The molecule has 29 heavy (non-hydrogen) atoms. The van der Waals surface area contributed by atoms with Crippen LogP contribution < -0.4 is 9.47 Å². The predicted octanol–water partition coefficient (Wildman–Crippen LogP) is 4.01. The second kappa shape index (κ2) is 10.2. The predicted molar refractivity (Wildman–Crippen MR) is 108 cm³/mol. The Bertz CT molecular complexity index is 956. The Morgan fingerprint density at radius 1 is 0.793 bits per heavy atom. The molecule has 0 bridgehead atoms. The van der Waals surface area contributed by atoms with Crippen molar-refractivity contribution in [3.63, 3.8) is 0 Å². The molecule has 0 unspecified atom stereocenters. The Balaban J connectivity index is 0.00000300. The molecule has 1 heterocycles. The number of phenolic OH excluding ortho intramolecular Hbond substituents is 2. The molecular weight excluding hydrogens is 417 g/mol. The number of hydrogen-bond donors (Lipinski definition) is 2. The fourth-order valence-electron chi connectivity index (χ4n) is 2.47. The first-order valence-corrected chi connectivity index (χ1v) is 8.39. The van der Waals surface area contributed by atoms with Gasteiger partial charge in [-0.1, -0.05) is 12.1 Å². The van der Waals surface area contributed by atoms with E-state index >= 15 is 0 Å². The van der Waals surface area contributed by atoms with Gasteiger partial charge in [0.2, 0.25) is 0 Å². The molecule has 7 nitrogen and oxygen atoms in total. The second-order valence-electron chi connectivity index (χ2n) is 5.66. The summed E-state index contributed by atoms with van der Waals surface area (Å²) in [6.45, 7) is 0. The van der Waals surface area contributed by atoms with Crippen LogP contribution in [-0.2, 0) is 16.5 Å². The van der Waals surface area contributed by atoms with E-state index in [-0.39, 0.29) is 28.0 Å². The molecule has 152 valence electrons. The molecule has 1 aromatic heterocycles. The van der Waals surface area contributed by atoms with Crippen LogP contribution in [-0.4, -0.2) is 41.8 Å². The van der Waals surface area contributed by atoms with Crippen molar-refractivity contribution in [2.45, 2.75) is 0 Å². The maximum absolute atomic E-state index is 10.2. The van der Waals surface area contributed by atoms with Crippen molar-refractivity contribution in [2.24, 2.45) is 9.98 Å². The topological polar surface area (TPSA) is 96.5 Å². The van der Waals surface area contributed by atoms with Gasteiger partial charge < -0.3 is 19.7 Å². The molecule has 2 N–H and O–H groups in total. The standard InChI is InChI=1S/C21H19N3O4.Ni/c1-27-17-9-3-6-14(19(17)25)12-23-16-8-5-11-22-21(16)24-13-15-7-4-10-18(28-2)20(15)26;/h3-13,25-26H,1-2H3;/b23-12?,24-13+;. The summed E-state index contributed by atoms with van der Waals surface area (Å²) in [4.78, 5) is 12.9. The van der Waals surface area contributed by atoms with Crippen molar-refractivity contribution in [3.8, 4) is 23.0 Å². The number of benzene rings is 2. The van der Waals surface area contributed by atoms with Gasteiger partial charge in [0.25, 0.3) is 0 Å². The Kier molecular flexibility index (Phi) is 7.74. The van der Waals surface area contributed by atoms with Crippen molar-refractivity contribution in [2.75, 3.05) is 14.2 Å². The van der Waals surface area contributed by atoms with E-state index in [4.69, 9.17) is 9.47 Å². The second-order valence-corrected chi connectivity index (χ2v) is 5.66. The van der Waals surface area contributed by atoms with Crippen LogP contribution in [0, 0.1) is 0 Å². The molecule has 3 aromatic rings. The molecule has 0 radical (unpaired) electrons. The van der Waals surface area contributed by atoms with Crippen LogP contribution in [0.5, 0.6) is 23.0 Å². The van der Waals surface area contributed by atoms with E-state index in [1.165, 1.54) is 26.6 Å². The molecule has 0 aliphatic rings. The molecule has 0 atom stereocenters. The van der Waals surface area contributed by atoms with Crippen LogP contribution >= 0.6 is 0 Å². The van der Waals surface area contributed by atoms with Crippen LogP contribution in [0.25, 0.3) is 0 Å². The zero-order chi connectivity index (χ0) is 19.9. The van der Waals surface area contributed by atoms with Crippen LogP contribution in [0.4, 0.5) is 11.5 Å². The summed E-state index contributed by atoms with van der Waals surface area (Å²) in [5.74, 6) is 1.09. The number of ether oxygens (including phenoxy) is 2. The van der Waals surface area contributed by atoms with Crippen molar-refractivity contribution < 1.29 is 36.2 Å². The summed E-state index contributed by atoms with van der Waals surface area (Å²) in [5.41, 5.74) is 1.50. The first kappa shape index (κ1) is 21.9. The van der Waals surface area contributed by atoms with Gasteiger partial charge >= 0.3 is 0 Å². The normalized spacial score (nSPS) is 10.8. The number of phenols is 2. The third-order valence-corrected chi connectivity index (χ3v) is 3.93. The number of para-hydroxylation sites is 2. The maximum Gasteiger partial charge on any atom is 0.178 e. The first-order chi connectivity index (χ1) is 13.6. The fourth-order valence-corrected chi connectivity index (χ4v) is 2.47. The monoisotopic (exact) mass is 435 g/mol. The number of rotatable bonds is 6. The number of aromatic nitrogens is 1. The quantitative estimate of drug-likeness (QED) is 0.450. The average Bonchev–Trinajstić information content (AvgIpc) is 2.73. The molecule has 0 fully saturated rings. The molecule has 0 aliphatic heterocycles. The number of aromatic hydroxyl groups is 2. The zero-order valence-corrected chi connectivity index (χ0v) is 16.7. The third-order valence-electron chi connectivity index (χ3n) is 3.93. The molecular formula is C21H19N3NiO4. The van der Waals surface area contributed by atoms with Gasteiger partial charge in [-0.25, -0.2) is 9.98 Å². The summed E-state index contributed by atoms with van der Waals surface area (Å²) in [6.07, 6.45) is 4.60. The molecule has 2 aromatic carbocycles. The van der Waals surface area contributed by atoms with E-state index in [9.17, 15) is 10.2 Å². The molecule has 8 heteroatoms. The molecule has 0 spiro atoms. The summed E-state index contributed by atoms with van der Waals surface area (Å²) in [5, 5.41) is 20.3. The minimum atomic E-state index is -0.00367. The van der Waals surface area contributed by atoms with Crippen molar-refractivity contribution >= 4 is 23.9 Å². The van der Waals surface area contributed by atoms with Gasteiger partial charge in [-0.2, -0.15) is 0 Å². The van der Waals surface area contributed by atoms with Crippen molar-refractivity contribution in [1.29, 1.82) is 0 Å². The van der Waals surface area contributed by atoms with Gasteiger partial charge in [0.05, 0.1) is 14.2 Å². The van der Waals surface area contributed by atoms with Gasteiger partial charge in [-0.15, -0.1) is 0 Å². The maximum atomic E-state index is 10.2. The van der Waals surface area contributed by atoms with E-state index in [0.29, 0.717) is 34.1 Å². The molecule has 0 amide bonds. The van der Waals surface area contributed by atoms with Gasteiger partial charge in [0.15, 0.2) is 28.8 Å². The minimum Gasteiger partial charge on any atom is -0.504 e. The molecule has 0 aliphatic carbocycles. The number of pyridine rings is 1. The molecule has 0 saturated carbocycles. The van der Waals surface area contributed by atoms with Gasteiger partial charge in [0.1, 0.15) is 5.69 Å². The van der Waals surface area contributed by atoms with Crippen LogP contribution in [0.15, 0.2) is 64.7 Å². The smallest absolute Gasteiger partial charge is 0.178 e. The Morgan fingerprint density at radius 2 is 1.34 bits per heavy atom. The van der Waals surface area contributed by atoms with Crippen LogP contribution in [0.1, 0.15) is 11.1 Å². The minimum absolute atomic E-state index is 0. The van der Waals surface area contributed by atoms with E-state index in [0.717, 1.165) is 0 Å². The largest absolute Gasteiger partial charge is 0.504 e. The van der Waals surface area contributed by atoms with E-state index in [1.807, 2.05) is 0 Å². The summed E-state index contributed by atoms with van der Waals surface area (Å²) in [6, 6.07) is 13.7. The van der Waals surface area contributed by atoms with Crippen molar-refractivity contribution in [1.82, 2.24) is 4.98 Å². The fraction of sp³-hybridized carbons (Fsp3) is 0.0952. The Hall–Kier alpha value is -3.38. The Morgan fingerprint density at radius 3 is 1.90 bits per heavy atom. The van der Waals surface area contributed by atoms with E-state index < -0.39 is 0 Å². The number of methoxy groups -OCH3 is 2. The van der Waals surface area contributed by atoms with E-state index in [2.05, 4.69) is 15.0 Å². The van der Waals surface area contributed by atoms with Crippen LogP contribution in [0.3, 0.4) is 0 Å². The van der Waals surface area contributed by atoms with Gasteiger partial charge in [-0.3, -0.25) is 4.99 Å². The van der Waals surface area contributed by atoms with Gasteiger partial charge in [-0.05, 0) is 36.4 Å². The van der Waals surface area contributed by atoms with Crippen LogP contribution in [0.2, 0.25) is 0 Å². The SMILES string of the molecule is COc1cccc(C=Nc2cccnc2/N=C/c2cccc(OC)c2O)c1O.[Ni]. The summed E-state index contributed by atoms with van der Waals surface area (Å²) < 4.78 is 10.2. The van der Waals surface area contributed by atoms with Crippen molar-refractivity contribution in [3.05, 3.63) is 65.9 Å². The summed E-state index contributed by atoms with van der Waals surface area (Å²) in [7, 11) is 2.97.